The van der Waals surface area contributed by atoms with Crippen LogP contribution < -0.4 is 0 Å². The van der Waals surface area contributed by atoms with Crippen LogP contribution in [0.5, 0.6) is 0 Å². The summed E-state index contributed by atoms with van der Waals surface area (Å²) in [7, 11) is 0. The van der Waals surface area contributed by atoms with Crippen LogP contribution in [0.15, 0.2) is 11.6 Å². The Bertz CT molecular complexity index is 1550. The summed E-state index contributed by atoms with van der Waals surface area (Å²) in [6.45, 7) is 9.25. The maximum atomic E-state index is 11.9. The Hall–Kier alpha value is -0.940. The fraction of sp³-hybridized carbons (Fsp3) is 0.955. The summed E-state index contributed by atoms with van der Waals surface area (Å²) in [6.07, 6.45) is -10.9. The summed E-state index contributed by atoms with van der Waals surface area (Å²) in [5, 5.41) is 106. The van der Waals surface area contributed by atoms with Crippen LogP contribution in [0.25, 0.3) is 0 Å². The number of hydrogen-bond acceptors (Lipinski definition) is 17. The highest BCUT2D eigenvalue weighted by molar-refractivity contribution is 5.26. The molecule has 0 bridgehead atoms. The minimum atomic E-state index is -1.74. The van der Waals surface area contributed by atoms with Crippen molar-refractivity contribution in [2.45, 2.75) is 196 Å². The Morgan fingerprint density at radius 1 is 0.754 bits per heavy atom. The van der Waals surface area contributed by atoms with Crippen molar-refractivity contribution in [1.82, 2.24) is 0 Å². The number of rotatable bonds is 12. The molecular weight excluding hydrogens is 800 g/mol. The summed E-state index contributed by atoms with van der Waals surface area (Å²) in [5.41, 5.74) is 1.30. The molecule has 350 valence electrons. The number of allylic oxidation sites excluding steroid dienone is 1. The predicted octanol–water partition coefficient (Wildman–Crippen LogP) is -0.192. The van der Waals surface area contributed by atoms with Crippen LogP contribution in [-0.4, -0.2) is 175 Å². The van der Waals surface area contributed by atoms with Crippen molar-refractivity contribution in [3.05, 3.63) is 11.6 Å². The van der Waals surface area contributed by atoms with Gasteiger partial charge in [-0.15, -0.1) is 0 Å². The Kier molecular flexibility index (Phi) is 13.5. The Balaban J connectivity index is 0.966. The van der Waals surface area contributed by atoms with E-state index in [1.807, 2.05) is 6.92 Å². The van der Waals surface area contributed by atoms with E-state index in [0.29, 0.717) is 43.4 Å². The highest BCUT2D eigenvalue weighted by atomic mass is 16.8. The molecule has 4 saturated heterocycles. The molecule has 0 spiro atoms. The molecular formula is C44H72O17. The first kappa shape index (κ1) is 46.6. The smallest absolute Gasteiger partial charge is 0.187 e. The van der Waals surface area contributed by atoms with Crippen molar-refractivity contribution in [2.24, 2.45) is 46.3 Å². The first-order chi connectivity index (χ1) is 28.9. The summed E-state index contributed by atoms with van der Waals surface area (Å²) in [6, 6.07) is 0. The van der Waals surface area contributed by atoms with Gasteiger partial charge in [0.15, 0.2) is 24.7 Å². The molecule has 61 heavy (non-hydrogen) atoms. The summed E-state index contributed by atoms with van der Waals surface area (Å²) < 4.78 is 42.7. The van der Waals surface area contributed by atoms with Gasteiger partial charge in [-0.2, -0.15) is 0 Å². The molecule has 3 saturated carbocycles. The zero-order valence-corrected chi connectivity index (χ0v) is 36.1. The minimum Gasteiger partial charge on any atom is -0.396 e. The van der Waals surface area contributed by atoms with Crippen LogP contribution in [0.3, 0.4) is 0 Å². The average Bonchev–Trinajstić information content (AvgIpc) is 3.79. The van der Waals surface area contributed by atoms with Gasteiger partial charge in [0.05, 0.1) is 31.5 Å². The summed E-state index contributed by atoms with van der Waals surface area (Å²) >= 11 is 0. The molecule has 0 radical (unpaired) electrons. The van der Waals surface area contributed by atoms with Crippen LogP contribution in [-0.2, 0) is 33.2 Å². The number of fused-ring (bicyclic) bond motifs is 7. The molecule has 0 aromatic rings. The number of hydrogen-bond donors (Lipinski definition) is 10. The van der Waals surface area contributed by atoms with Gasteiger partial charge in [0.2, 0.25) is 0 Å². The van der Waals surface area contributed by atoms with E-state index in [4.69, 9.17) is 33.2 Å². The number of aliphatic hydroxyl groups excluding tert-OH is 9. The second-order valence-corrected chi connectivity index (χ2v) is 20.5. The lowest BCUT2D eigenvalue weighted by Crippen LogP contribution is -2.65. The summed E-state index contributed by atoms with van der Waals surface area (Å²) in [5.74, 6) is 0.619. The van der Waals surface area contributed by atoms with Crippen molar-refractivity contribution in [1.29, 1.82) is 0 Å². The van der Waals surface area contributed by atoms with Gasteiger partial charge in [-0.25, -0.2) is 0 Å². The zero-order valence-electron chi connectivity index (χ0n) is 36.1. The second kappa shape index (κ2) is 17.7. The molecule has 0 aromatic carbocycles. The van der Waals surface area contributed by atoms with Crippen LogP contribution in [0, 0.1) is 46.3 Å². The van der Waals surface area contributed by atoms with Crippen molar-refractivity contribution in [3.8, 4) is 0 Å². The third-order valence-corrected chi connectivity index (χ3v) is 17.1. The lowest BCUT2D eigenvalue weighted by atomic mass is 9.47. The van der Waals surface area contributed by atoms with Gasteiger partial charge in [-0.05, 0) is 98.7 Å². The van der Waals surface area contributed by atoms with E-state index in [2.05, 4.69) is 26.8 Å². The lowest BCUT2D eigenvalue weighted by molar-refractivity contribution is -0.376. The molecule has 4 aliphatic heterocycles. The third kappa shape index (κ3) is 8.00. The predicted molar refractivity (Wildman–Crippen MR) is 212 cm³/mol. The molecule has 25 atom stereocenters. The van der Waals surface area contributed by atoms with Crippen LogP contribution >= 0.6 is 0 Å². The average molecular weight is 873 g/mol. The number of aliphatic hydroxyl groups is 10. The molecule has 7 fully saturated rings. The molecule has 4 heterocycles. The molecule has 0 amide bonds. The third-order valence-electron chi connectivity index (χ3n) is 17.1. The molecule has 17 nitrogen and oxygen atoms in total. The lowest BCUT2D eigenvalue weighted by Gasteiger charge is -2.58. The van der Waals surface area contributed by atoms with Gasteiger partial charge < -0.3 is 84.2 Å². The van der Waals surface area contributed by atoms with Gasteiger partial charge >= 0.3 is 0 Å². The molecule has 8 aliphatic rings. The van der Waals surface area contributed by atoms with Crippen molar-refractivity contribution < 1.29 is 84.2 Å². The molecule has 0 aromatic heterocycles. The summed E-state index contributed by atoms with van der Waals surface area (Å²) in [4.78, 5) is 0. The van der Waals surface area contributed by atoms with Crippen molar-refractivity contribution in [3.63, 3.8) is 0 Å². The van der Waals surface area contributed by atoms with Gasteiger partial charge in [-0.3, -0.25) is 0 Å². The largest absolute Gasteiger partial charge is 0.396 e. The molecule has 17 heteroatoms. The highest BCUT2D eigenvalue weighted by Crippen LogP contribution is 2.70. The first-order valence-corrected chi connectivity index (χ1v) is 22.8. The van der Waals surface area contributed by atoms with Gasteiger partial charge in [0.25, 0.3) is 0 Å². The fourth-order valence-electron chi connectivity index (χ4n) is 13.3. The molecule has 4 aliphatic carbocycles. The van der Waals surface area contributed by atoms with Crippen molar-refractivity contribution >= 4 is 0 Å². The zero-order chi connectivity index (χ0) is 43.9. The van der Waals surface area contributed by atoms with Gasteiger partial charge in [0.1, 0.15) is 61.0 Å². The quantitative estimate of drug-likeness (QED) is 0.114. The van der Waals surface area contributed by atoms with E-state index < -0.39 is 105 Å². The van der Waals surface area contributed by atoms with E-state index >= 15 is 0 Å². The van der Waals surface area contributed by atoms with Crippen LogP contribution in [0.1, 0.15) is 92.4 Å². The Morgan fingerprint density at radius 2 is 1.41 bits per heavy atom. The first-order valence-electron chi connectivity index (χ1n) is 22.8. The van der Waals surface area contributed by atoms with E-state index in [1.54, 1.807) is 0 Å². The SMILES string of the molecule is C[C@@H](CO)CC[C@@]1(O)O[C@H]2C[C@H]3[C@@H]4CC=C5C[C@@H](O[C@@H]6O[C@H](CO)[C@@H](O[C@@H]7O[C@@H](CO)[C@@H](O)[C@@H]7O)[C@H](O[C@@H]7O[C@@H](C)[C@H](O)[C@@H](O)[C@H]7O)[C@H]6O)CC[C@]5(C)[C@H]4CC[C@]3(C)[C@H]2[C@@H]1C. The number of ether oxygens (including phenoxy) is 7. The van der Waals surface area contributed by atoms with Gasteiger partial charge in [-0.1, -0.05) is 39.3 Å². The molecule has 0 unspecified atom stereocenters. The van der Waals surface area contributed by atoms with E-state index in [1.165, 1.54) is 12.5 Å². The van der Waals surface area contributed by atoms with E-state index in [0.717, 1.165) is 32.1 Å². The normalized spacial score (nSPS) is 55.0. The monoisotopic (exact) mass is 872 g/mol. The van der Waals surface area contributed by atoms with E-state index in [9.17, 15) is 51.1 Å². The maximum Gasteiger partial charge on any atom is 0.187 e. The topological polar surface area (TPSA) is 267 Å². The van der Waals surface area contributed by atoms with Crippen LogP contribution in [0.2, 0.25) is 0 Å². The maximum absolute atomic E-state index is 11.9. The van der Waals surface area contributed by atoms with Gasteiger partial charge in [0, 0.05) is 18.9 Å². The van der Waals surface area contributed by atoms with Crippen LogP contribution in [0.4, 0.5) is 0 Å². The standard InChI is InChI=1S/C44H72O17/c1-19(16-45)8-13-44(54)20(2)30-27(61-44)15-26-24-7-6-22-14-23(9-11-42(22,4)25(24)10-12-43(26,30)5)56-41-36(53)38(60-39-35(52)33(50)31(48)21(3)55-39)37(29(18-47)58-41)59-40-34(51)32(49)28(17-46)57-40/h6,19-21,23-41,45-54H,7-18H2,1-5H3/t19-,20+,21+,23+,24-,25+,26+,27+,28+,29-,30+,31+,32-,33-,34+,35-,36-,37-,38-,39+,40+,41-,42+,43+,44-/m1/s1. The fourth-order valence-corrected chi connectivity index (χ4v) is 13.3. The van der Waals surface area contributed by atoms with E-state index in [-0.39, 0.29) is 47.4 Å². The Labute approximate surface area is 357 Å². The Morgan fingerprint density at radius 3 is 2.10 bits per heavy atom. The second-order valence-electron chi connectivity index (χ2n) is 20.5. The van der Waals surface area contributed by atoms with Crippen molar-refractivity contribution in [2.75, 3.05) is 19.8 Å². The molecule has 8 rings (SSSR count). The highest BCUT2D eigenvalue weighted by Gasteiger charge is 2.68. The minimum absolute atomic E-state index is 0.0000868. The molecule has 10 N–H and O–H groups in total.